The van der Waals surface area contributed by atoms with E-state index in [4.69, 9.17) is 4.74 Å². The van der Waals surface area contributed by atoms with E-state index in [1.165, 1.54) is 54.6 Å². The first-order valence-electron chi connectivity index (χ1n) is 8.17. The summed E-state index contributed by atoms with van der Waals surface area (Å²) >= 11 is 0. The van der Waals surface area contributed by atoms with Crippen molar-refractivity contribution in [3.63, 3.8) is 0 Å². The van der Waals surface area contributed by atoms with Crippen LogP contribution < -0.4 is 9.57 Å². The zero-order valence-electron chi connectivity index (χ0n) is 14.7. The van der Waals surface area contributed by atoms with Gasteiger partial charge in [-0.1, -0.05) is 18.2 Å². The molecule has 148 valence electrons. The molecular formula is C19H14FN3O5S. The van der Waals surface area contributed by atoms with Gasteiger partial charge >= 0.3 is 5.69 Å². The number of hydrazone groups is 1. The van der Waals surface area contributed by atoms with Gasteiger partial charge in [-0.25, -0.2) is 9.22 Å². The second kappa shape index (κ2) is 8.48. The molecule has 0 atom stereocenters. The number of halogens is 1. The van der Waals surface area contributed by atoms with E-state index in [1.807, 2.05) is 4.83 Å². The molecule has 0 unspecified atom stereocenters. The zero-order chi connectivity index (χ0) is 20.9. The predicted octanol–water partition coefficient (Wildman–Crippen LogP) is 3.84. The summed E-state index contributed by atoms with van der Waals surface area (Å²) in [7, 11) is -3.85. The van der Waals surface area contributed by atoms with Crippen molar-refractivity contribution in [3.8, 4) is 11.5 Å². The lowest BCUT2D eigenvalue weighted by Crippen LogP contribution is -2.18. The molecule has 0 heterocycles. The minimum Gasteiger partial charge on any atom is -0.450 e. The number of rotatable bonds is 7. The average molecular weight is 415 g/mol. The first kappa shape index (κ1) is 20.0. The first-order chi connectivity index (χ1) is 13.8. The van der Waals surface area contributed by atoms with Crippen molar-refractivity contribution < 1.29 is 22.5 Å². The van der Waals surface area contributed by atoms with Crippen LogP contribution in [0.3, 0.4) is 0 Å². The second-order valence-corrected chi connectivity index (χ2v) is 7.37. The largest absolute Gasteiger partial charge is 0.450 e. The number of sulfonamides is 1. The molecule has 0 saturated carbocycles. The molecule has 0 bridgehead atoms. The fraction of sp³-hybridized carbons (Fsp3) is 0. The Hall–Kier alpha value is -3.79. The Kier molecular flexibility index (Phi) is 5.84. The maximum Gasteiger partial charge on any atom is 0.312 e. The lowest BCUT2D eigenvalue weighted by molar-refractivity contribution is -0.385. The standard InChI is InChI=1S/C19H14FN3O5S/c20-15-7-9-16(10-8-15)28-19-11-6-14(12-18(19)23(24)25)13-21-22-29(26,27)17-4-2-1-3-5-17/h1-13,22H/b21-13+. The van der Waals surface area contributed by atoms with Gasteiger partial charge in [0, 0.05) is 11.6 Å². The third-order valence-electron chi connectivity index (χ3n) is 3.66. The number of nitrogens with zero attached hydrogens (tertiary/aromatic N) is 2. The first-order valence-corrected chi connectivity index (χ1v) is 9.65. The average Bonchev–Trinajstić information content (AvgIpc) is 2.71. The van der Waals surface area contributed by atoms with Gasteiger partial charge in [0.1, 0.15) is 11.6 Å². The Morgan fingerprint density at radius 3 is 2.38 bits per heavy atom. The fourth-order valence-corrected chi connectivity index (χ4v) is 3.11. The summed E-state index contributed by atoms with van der Waals surface area (Å²) in [5, 5.41) is 15.0. The maximum atomic E-state index is 13.0. The third-order valence-corrected chi connectivity index (χ3v) is 4.90. The Balaban J connectivity index is 1.78. The van der Waals surface area contributed by atoms with E-state index >= 15 is 0 Å². The summed E-state index contributed by atoms with van der Waals surface area (Å²) in [5.41, 5.74) is -0.0805. The molecule has 0 aliphatic carbocycles. The molecule has 0 saturated heterocycles. The van der Waals surface area contributed by atoms with E-state index in [1.54, 1.807) is 18.2 Å². The second-order valence-electron chi connectivity index (χ2n) is 5.71. The van der Waals surface area contributed by atoms with Gasteiger partial charge in [0.05, 0.1) is 16.0 Å². The van der Waals surface area contributed by atoms with Crippen LogP contribution in [0.1, 0.15) is 5.56 Å². The number of benzene rings is 3. The van der Waals surface area contributed by atoms with Gasteiger partial charge in [-0.15, -0.1) is 0 Å². The highest BCUT2D eigenvalue weighted by Gasteiger charge is 2.17. The minimum atomic E-state index is -3.85. The van der Waals surface area contributed by atoms with Crippen molar-refractivity contribution in [2.45, 2.75) is 4.90 Å². The molecule has 0 spiro atoms. The van der Waals surface area contributed by atoms with E-state index in [0.717, 1.165) is 6.21 Å². The molecule has 29 heavy (non-hydrogen) atoms. The molecule has 0 aliphatic rings. The van der Waals surface area contributed by atoms with Gasteiger partial charge in [-0.2, -0.15) is 13.5 Å². The minimum absolute atomic E-state index is 0.0335. The van der Waals surface area contributed by atoms with Gasteiger partial charge in [0.2, 0.25) is 5.75 Å². The summed E-state index contributed by atoms with van der Waals surface area (Å²) in [5.74, 6) is -0.286. The number of nitrogens with one attached hydrogen (secondary N) is 1. The maximum absolute atomic E-state index is 13.0. The Morgan fingerprint density at radius 1 is 1.03 bits per heavy atom. The number of hydrogen-bond acceptors (Lipinski definition) is 6. The summed E-state index contributed by atoms with van der Waals surface area (Å²) in [6, 6.07) is 16.6. The van der Waals surface area contributed by atoms with Gasteiger partial charge in [0.15, 0.2) is 0 Å². The van der Waals surface area contributed by atoms with Crippen LogP contribution >= 0.6 is 0 Å². The van der Waals surface area contributed by atoms with Gasteiger partial charge < -0.3 is 4.74 Å². The van der Waals surface area contributed by atoms with E-state index in [0.29, 0.717) is 0 Å². The number of hydrogen-bond donors (Lipinski definition) is 1. The van der Waals surface area contributed by atoms with E-state index < -0.39 is 20.8 Å². The van der Waals surface area contributed by atoms with Crippen LogP contribution in [0.5, 0.6) is 11.5 Å². The van der Waals surface area contributed by atoms with Crippen molar-refractivity contribution in [1.29, 1.82) is 0 Å². The number of nitro groups is 1. The molecule has 0 radical (unpaired) electrons. The van der Waals surface area contributed by atoms with Crippen molar-refractivity contribution >= 4 is 21.9 Å². The molecule has 3 aromatic carbocycles. The highest BCUT2D eigenvalue weighted by molar-refractivity contribution is 7.89. The molecule has 10 heteroatoms. The fourth-order valence-electron chi connectivity index (χ4n) is 2.30. The molecule has 0 amide bonds. The van der Waals surface area contributed by atoms with Gasteiger partial charge in [0.25, 0.3) is 10.0 Å². The van der Waals surface area contributed by atoms with Crippen LogP contribution in [-0.4, -0.2) is 19.6 Å². The highest BCUT2D eigenvalue weighted by atomic mass is 32.2. The highest BCUT2D eigenvalue weighted by Crippen LogP contribution is 2.31. The van der Waals surface area contributed by atoms with Crippen molar-refractivity contribution in [2.24, 2.45) is 5.10 Å². The summed E-state index contributed by atoms with van der Waals surface area (Å²) in [6.45, 7) is 0. The molecule has 3 aromatic rings. The van der Waals surface area contributed by atoms with Crippen molar-refractivity contribution in [1.82, 2.24) is 4.83 Å². The Labute approximate surface area is 165 Å². The van der Waals surface area contributed by atoms with Crippen molar-refractivity contribution in [2.75, 3.05) is 0 Å². The van der Waals surface area contributed by atoms with Gasteiger partial charge in [-0.05, 0) is 48.5 Å². The quantitative estimate of drug-likeness (QED) is 0.358. The van der Waals surface area contributed by atoms with Crippen LogP contribution in [0.15, 0.2) is 82.8 Å². The van der Waals surface area contributed by atoms with Crippen LogP contribution in [0.4, 0.5) is 10.1 Å². The molecule has 1 N–H and O–H groups in total. The Bertz CT molecular complexity index is 1150. The lowest BCUT2D eigenvalue weighted by Gasteiger charge is -2.07. The van der Waals surface area contributed by atoms with Crippen molar-refractivity contribution in [3.05, 3.63) is 94.3 Å². The number of ether oxygens (including phenoxy) is 1. The normalized spacial score (nSPS) is 11.3. The van der Waals surface area contributed by atoms with E-state index in [2.05, 4.69) is 5.10 Å². The van der Waals surface area contributed by atoms with E-state index in [9.17, 15) is 22.9 Å². The van der Waals surface area contributed by atoms with Crippen LogP contribution in [0.25, 0.3) is 0 Å². The van der Waals surface area contributed by atoms with E-state index in [-0.39, 0.29) is 27.6 Å². The number of nitro benzene ring substituents is 1. The van der Waals surface area contributed by atoms with Crippen LogP contribution in [-0.2, 0) is 10.0 Å². The monoisotopic (exact) mass is 415 g/mol. The predicted molar refractivity (Wildman–Crippen MR) is 104 cm³/mol. The molecular weight excluding hydrogens is 401 g/mol. The molecule has 3 rings (SSSR count). The molecule has 0 fully saturated rings. The molecule has 0 aromatic heterocycles. The summed E-state index contributed by atoms with van der Waals surface area (Å²) in [6.07, 6.45) is 1.13. The lowest BCUT2D eigenvalue weighted by atomic mass is 10.2. The molecule has 0 aliphatic heterocycles. The summed E-state index contributed by atoms with van der Waals surface area (Å²) in [4.78, 5) is 12.8. The third kappa shape index (κ3) is 5.14. The van der Waals surface area contributed by atoms with Crippen LogP contribution in [0, 0.1) is 15.9 Å². The molecule has 8 nitrogen and oxygen atoms in total. The Morgan fingerprint density at radius 2 is 1.72 bits per heavy atom. The SMILES string of the molecule is O=[N+]([O-])c1cc(/C=N/NS(=O)(=O)c2ccccc2)ccc1Oc1ccc(F)cc1. The smallest absolute Gasteiger partial charge is 0.312 e. The topological polar surface area (TPSA) is 111 Å². The van der Waals surface area contributed by atoms with Crippen LogP contribution in [0.2, 0.25) is 0 Å². The zero-order valence-corrected chi connectivity index (χ0v) is 15.5. The summed E-state index contributed by atoms with van der Waals surface area (Å²) < 4.78 is 42.6. The van der Waals surface area contributed by atoms with Gasteiger partial charge in [-0.3, -0.25) is 10.1 Å².